The molecule has 2 atom stereocenters. The summed E-state index contributed by atoms with van der Waals surface area (Å²) in [5.41, 5.74) is 9.47. The van der Waals surface area contributed by atoms with E-state index in [1.54, 1.807) is 18.5 Å². The van der Waals surface area contributed by atoms with Gasteiger partial charge in [-0.2, -0.15) is 0 Å². The lowest BCUT2D eigenvalue weighted by molar-refractivity contribution is 0.648. The van der Waals surface area contributed by atoms with E-state index in [1.807, 2.05) is 12.1 Å². The van der Waals surface area contributed by atoms with Crippen LogP contribution in [0, 0.1) is 0 Å². The molecular formula is C14H14ClN3. The van der Waals surface area contributed by atoms with Crippen molar-refractivity contribution >= 4 is 17.3 Å². The van der Waals surface area contributed by atoms with Crippen molar-refractivity contribution in [2.45, 2.75) is 18.5 Å². The molecule has 3 N–H and O–H groups in total. The molecule has 0 fully saturated rings. The van der Waals surface area contributed by atoms with E-state index in [9.17, 15) is 0 Å². The third-order valence-corrected chi connectivity index (χ3v) is 3.69. The maximum atomic E-state index is 6.14. The normalized spacial score (nSPS) is 21.7. The Balaban J connectivity index is 1.90. The van der Waals surface area contributed by atoms with Crippen molar-refractivity contribution in [2.24, 2.45) is 5.73 Å². The fraction of sp³-hybridized carbons (Fsp3) is 0.214. The highest BCUT2D eigenvalue weighted by molar-refractivity contribution is 6.33. The van der Waals surface area contributed by atoms with Gasteiger partial charge in [0.1, 0.15) is 0 Å². The predicted octanol–water partition coefficient (Wildman–Crippen LogP) is 3.29. The minimum Gasteiger partial charge on any atom is -0.376 e. The molecule has 0 saturated carbocycles. The van der Waals surface area contributed by atoms with Gasteiger partial charge in [0.2, 0.25) is 0 Å². The Bertz CT molecular complexity index is 570. The number of nitrogens with two attached hydrogens (primary N) is 1. The zero-order chi connectivity index (χ0) is 12.5. The maximum absolute atomic E-state index is 6.14. The highest BCUT2D eigenvalue weighted by Crippen LogP contribution is 2.39. The van der Waals surface area contributed by atoms with Gasteiger partial charge in [-0.05, 0) is 23.6 Å². The number of halogens is 1. The number of fused-ring (bicyclic) bond motifs is 1. The molecule has 0 amide bonds. The van der Waals surface area contributed by atoms with Gasteiger partial charge >= 0.3 is 0 Å². The molecule has 2 aromatic rings. The molecular weight excluding hydrogens is 246 g/mol. The van der Waals surface area contributed by atoms with Crippen LogP contribution >= 0.6 is 11.6 Å². The molecule has 0 radical (unpaired) electrons. The summed E-state index contributed by atoms with van der Waals surface area (Å²) in [6.45, 7) is 0. The first-order valence-electron chi connectivity index (χ1n) is 5.96. The summed E-state index contributed by atoms with van der Waals surface area (Å²) >= 11 is 6.13. The van der Waals surface area contributed by atoms with Gasteiger partial charge in [0, 0.05) is 12.2 Å². The molecule has 1 heterocycles. The summed E-state index contributed by atoms with van der Waals surface area (Å²) in [5.74, 6) is 0. The fourth-order valence-corrected chi connectivity index (χ4v) is 2.64. The Kier molecular flexibility index (Phi) is 2.94. The van der Waals surface area contributed by atoms with Gasteiger partial charge in [-0.1, -0.05) is 35.9 Å². The largest absolute Gasteiger partial charge is 0.376 e. The molecule has 4 heteroatoms. The Morgan fingerprint density at radius 2 is 2.00 bits per heavy atom. The standard InChI is InChI=1S/C14H14ClN3/c15-11-5-6-17-8-14(11)18-13-7-12(16)9-3-1-2-4-10(9)13/h1-6,8,12-13,18H,7,16H2. The molecule has 0 aliphatic heterocycles. The number of nitrogens with one attached hydrogen (secondary N) is 1. The number of aromatic nitrogens is 1. The number of nitrogens with zero attached hydrogens (tertiary/aromatic N) is 1. The number of hydrogen-bond donors (Lipinski definition) is 2. The summed E-state index contributed by atoms with van der Waals surface area (Å²) < 4.78 is 0. The van der Waals surface area contributed by atoms with Crippen LogP contribution in [0.2, 0.25) is 5.02 Å². The predicted molar refractivity (Wildman–Crippen MR) is 73.6 cm³/mol. The number of anilines is 1. The fourth-order valence-electron chi connectivity index (χ4n) is 2.48. The Labute approximate surface area is 111 Å². The van der Waals surface area contributed by atoms with Gasteiger partial charge in [0.15, 0.2) is 0 Å². The number of benzene rings is 1. The number of rotatable bonds is 2. The van der Waals surface area contributed by atoms with Crippen LogP contribution in [-0.4, -0.2) is 4.98 Å². The number of pyridine rings is 1. The Morgan fingerprint density at radius 3 is 2.78 bits per heavy atom. The third kappa shape index (κ3) is 1.96. The smallest absolute Gasteiger partial charge is 0.0720 e. The van der Waals surface area contributed by atoms with E-state index in [4.69, 9.17) is 17.3 Å². The SMILES string of the molecule is NC1CC(Nc2cnccc2Cl)c2ccccc21. The molecule has 1 aromatic heterocycles. The van der Waals surface area contributed by atoms with E-state index in [0.717, 1.165) is 12.1 Å². The molecule has 92 valence electrons. The molecule has 18 heavy (non-hydrogen) atoms. The molecule has 3 nitrogen and oxygen atoms in total. The molecule has 1 aliphatic rings. The highest BCUT2D eigenvalue weighted by Gasteiger charge is 2.28. The second kappa shape index (κ2) is 4.59. The second-order valence-electron chi connectivity index (χ2n) is 4.52. The van der Waals surface area contributed by atoms with E-state index in [0.29, 0.717) is 5.02 Å². The molecule has 1 aromatic carbocycles. The van der Waals surface area contributed by atoms with Crippen LogP contribution in [0.3, 0.4) is 0 Å². The molecule has 1 aliphatic carbocycles. The van der Waals surface area contributed by atoms with Gasteiger partial charge in [0.05, 0.1) is 22.9 Å². The molecule has 0 spiro atoms. The minimum absolute atomic E-state index is 0.0918. The first-order chi connectivity index (χ1) is 8.75. The van der Waals surface area contributed by atoms with Gasteiger partial charge in [-0.3, -0.25) is 4.98 Å². The van der Waals surface area contributed by atoms with E-state index in [2.05, 4.69) is 22.4 Å². The molecule has 0 bridgehead atoms. The van der Waals surface area contributed by atoms with Crippen LogP contribution in [0.5, 0.6) is 0 Å². The average Bonchev–Trinajstić information content (AvgIpc) is 2.70. The number of hydrogen-bond acceptors (Lipinski definition) is 3. The van der Waals surface area contributed by atoms with Crippen molar-refractivity contribution < 1.29 is 0 Å². The monoisotopic (exact) mass is 259 g/mol. The quantitative estimate of drug-likeness (QED) is 0.870. The minimum atomic E-state index is 0.0918. The Hall–Kier alpha value is -1.58. The Morgan fingerprint density at radius 1 is 1.22 bits per heavy atom. The van der Waals surface area contributed by atoms with Gasteiger partial charge in [-0.15, -0.1) is 0 Å². The van der Waals surface area contributed by atoms with Crippen LogP contribution in [-0.2, 0) is 0 Å². The van der Waals surface area contributed by atoms with Crippen LogP contribution in [0.4, 0.5) is 5.69 Å². The van der Waals surface area contributed by atoms with Crippen LogP contribution in [0.25, 0.3) is 0 Å². The summed E-state index contributed by atoms with van der Waals surface area (Å²) in [4.78, 5) is 4.08. The van der Waals surface area contributed by atoms with Crippen LogP contribution < -0.4 is 11.1 Å². The van der Waals surface area contributed by atoms with E-state index in [-0.39, 0.29) is 12.1 Å². The van der Waals surface area contributed by atoms with Crippen molar-refractivity contribution in [3.05, 3.63) is 58.9 Å². The lowest BCUT2D eigenvalue weighted by Crippen LogP contribution is -2.10. The summed E-state index contributed by atoms with van der Waals surface area (Å²) in [7, 11) is 0. The second-order valence-corrected chi connectivity index (χ2v) is 4.93. The van der Waals surface area contributed by atoms with Gasteiger partial charge in [0.25, 0.3) is 0 Å². The summed E-state index contributed by atoms with van der Waals surface area (Å²) in [5, 5.41) is 4.10. The summed E-state index contributed by atoms with van der Waals surface area (Å²) in [6.07, 6.45) is 4.31. The molecule has 2 unspecified atom stereocenters. The van der Waals surface area contributed by atoms with Crippen molar-refractivity contribution in [1.29, 1.82) is 0 Å². The summed E-state index contributed by atoms with van der Waals surface area (Å²) in [6, 6.07) is 10.3. The van der Waals surface area contributed by atoms with Gasteiger partial charge in [-0.25, -0.2) is 0 Å². The van der Waals surface area contributed by atoms with E-state index < -0.39 is 0 Å². The zero-order valence-electron chi connectivity index (χ0n) is 9.81. The van der Waals surface area contributed by atoms with Gasteiger partial charge < -0.3 is 11.1 Å². The van der Waals surface area contributed by atoms with Crippen molar-refractivity contribution in [3.63, 3.8) is 0 Å². The highest BCUT2D eigenvalue weighted by atomic mass is 35.5. The van der Waals surface area contributed by atoms with E-state index >= 15 is 0 Å². The van der Waals surface area contributed by atoms with Crippen molar-refractivity contribution in [2.75, 3.05) is 5.32 Å². The lowest BCUT2D eigenvalue weighted by atomic mass is 10.1. The topological polar surface area (TPSA) is 50.9 Å². The van der Waals surface area contributed by atoms with Crippen LogP contribution in [0.15, 0.2) is 42.7 Å². The first-order valence-corrected chi connectivity index (χ1v) is 6.34. The third-order valence-electron chi connectivity index (χ3n) is 3.36. The van der Waals surface area contributed by atoms with Crippen LogP contribution in [0.1, 0.15) is 29.6 Å². The maximum Gasteiger partial charge on any atom is 0.0720 e. The zero-order valence-corrected chi connectivity index (χ0v) is 10.6. The van der Waals surface area contributed by atoms with Crippen molar-refractivity contribution in [3.8, 4) is 0 Å². The lowest BCUT2D eigenvalue weighted by Gasteiger charge is -2.16. The first kappa shape index (κ1) is 11.5. The molecule has 3 rings (SSSR count). The van der Waals surface area contributed by atoms with Crippen molar-refractivity contribution in [1.82, 2.24) is 4.98 Å². The average molecular weight is 260 g/mol. The van der Waals surface area contributed by atoms with E-state index in [1.165, 1.54) is 11.1 Å². The molecule has 0 saturated heterocycles.